The van der Waals surface area contributed by atoms with Gasteiger partial charge in [0, 0.05) is 18.1 Å². The number of ether oxygens (including phenoxy) is 1. The van der Waals surface area contributed by atoms with Crippen LogP contribution in [0.15, 0.2) is 72.8 Å². The maximum Gasteiger partial charge on any atom is 0.333 e. The second-order valence-electron chi connectivity index (χ2n) is 5.77. The Balaban J connectivity index is 1.71. The van der Waals surface area contributed by atoms with Gasteiger partial charge in [0.15, 0.2) is 5.78 Å². The molecule has 0 radical (unpaired) electrons. The van der Waals surface area contributed by atoms with Crippen LogP contribution in [0.2, 0.25) is 0 Å². The number of esters is 1. The van der Waals surface area contributed by atoms with Crippen molar-refractivity contribution in [3.63, 3.8) is 0 Å². The molecule has 0 aromatic heterocycles. The Morgan fingerprint density at radius 2 is 1.71 bits per heavy atom. The van der Waals surface area contributed by atoms with E-state index in [2.05, 4.69) is 0 Å². The third-order valence-corrected chi connectivity index (χ3v) is 4.13. The van der Waals surface area contributed by atoms with E-state index in [1.165, 1.54) is 11.1 Å². The monoisotopic (exact) mass is 321 g/mol. The van der Waals surface area contributed by atoms with E-state index in [4.69, 9.17) is 9.57 Å². The molecule has 5 heteroatoms. The zero-order valence-electron chi connectivity index (χ0n) is 12.8. The van der Waals surface area contributed by atoms with Crippen molar-refractivity contribution in [3.05, 3.63) is 78.4 Å². The van der Waals surface area contributed by atoms with Crippen LogP contribution in [-0.4, -0.2) is 23.6 Å². The average molecular weight is 321 g/mol. The van der Waals surface area contributed by atoms with E-state index in [1.54, 1.807) is 18.2 Å². The van der Waals surface area contributed by atoms with Crippen molar-refractivity contribution in [3.8, 4) is 0 Å². The summed E-state index contributed by atoms with van der Waals surface area (Å²) in [4.78, 5) is 30.4. The van der Waals surface area contributed by atoms with E-state index in [9.17, 15) is 9.59 Å². The number of para-hydroxylation sites is 1. The number of carbonyl (C=O) groups excluding carboxylic acids is 2. The predicted octanol–water partition coefficient (Wildman–Crippen LogP) is 2.89. The van der Waals surface area contributed by atoms with Gasteiger partial charge in [0.05, 0.1) is 5.69 Å². The minimum atomic E-state index is -1.21. The van der Waals surface area contributed by atoms with Crippen molar-refractivity contribution in [2.24, 2.45) is 0 Å². The molecular formula is C19H15NO4. The van der Waals surface area contributed by atoms with Crippen LogP contribution in [0.1, 0.15) is 16.8 Å². The Morgan fingerprint density at radius 1 is 1.04 bits per heavy atom. The van der Waals surface area contributed by atoms with Crippen LogP contribution in [0.4, 0.5) is 5.69 Å². The van der Waals surface area contributed by atoms with Gasteiger partial charge >= 0.3 is 5.97 Å². The zero-order valence-corrected chi connectivity index (χ0v) is 12.8. The quantitative estimate of drug-likeness (QED) is 0.643. The first-order chi connectivity index (χ1) is 11.7. The molecule has 5 nitrogen and oxygen atoms in total. The topological polar surface area (TPSA) is 55.8 Å². The molecule has 0 bridgehead atoms. The molecular weight excluding hydrogens is 306 g/mol. The van der Waals surface area contributed by atoms with Crippen molar-refractivity contribution in [2.45, 2.75) is 18.2 Å². The molecule has 0 aliphatic carbocycles. The lowest BCUT2D eigenvalue weighted by atomic mass is 9.98. The first-order valence-electron chi connectivity index (χ1n) is 7.72. The number of hydroxylamine groups is 1. The number of ketones is 1. The van der Waals surface area contributed by atoms with E-state index >= 15 is 0 Å². The summed E-state index contributed by atoms with van der Waals surface area (Å²) in [5, 5.41) is 1.54. The highest BCUT2D eigenvalue weighted by atomic mass is 16.8. The lowest BCUT2D eigenvalue weighted by Crippen LogP contribution is -2.35. The summed E-state index contributed by atoms with van der Waals surface area (Å²) in [7, 11) is 0. The number of rotatable bonds is 3. The van der Waals surface area contributed by atoms with Gasteiger partial charge in [-0.05, 0) is 18.2 Å². The Labute approximate surface area is 139 Å². The van der Waals surface area contributed by atoms with Crippen LogP contribution in [-0.2, 0) is 14.4 Å². The van der Waals surface area contributed by atoms with E-state index < -0.39 is 17.8 Å². The Bertz CT molecular complexity index is 803. The fourth-order valence-corrected chi connectivity index (χ4v) is 3.01. The van der Waals surface area contributed by atoms with Crippen LogP contribution < -0.4 is 5.06 Å². The minimum absolute atomic E-state index is 0.0762. The van der Waals surface area contributed by atoms with Crippen LogP contribution in [0.3, 0.4) is 0 Å². The van der Waals surface area contributed by atoms with Crippen molar-refractivity contribution in [2.75, 3.05) is 5.06 Å². The number of anilines is 1. The minimum Gasteiger partial charge on any atom is -0.424 e. The average Bonchev–Trinajstić information content (AvgIpc) is 3.19. The second-order valence-corrected chi connectivity index (χ2v) is 5.77. The summed E-state index contributed by atoms with van der Waals surface area (Å²) in [6.45, 7) is 0. The van der Waals surface area contributed by atoms with Gasteiger partial charge in [-0.25, -0.2) is 14.7 Å². The van der Waals surface area contributed by atoms with Crippen LogP contribution in [0.25, 0.3) is 0 Å². The molecule has 1 spiro atoms. The Kier molecular flexibility index (Phi) is 3.43. The molecule has 24 heavy (non-hydrogen) atoms. The molecule has 0 unspecified atom stereocenters. The molecule has 2 aliphatic rings. The molecule has 0 saturated carbocycles. The number of Topliss-reactive ketones (excluding diaryl/α,β-unsaturated/α-hetero) is 1. The smallest absolute Gasteiger partial charge is 0.333 e. The summed E-state index contributed by atoms with van der Waals surface area (Å²) < 4.78 is 5.31. The SMILES string of the molecule is O=C1C=C[C@@]2(C[C@H](C(=O)c3ccccc3)N(c3ccccc3)O2)O1. The molecule has 2 atom stereocenters. The number of hydrogen-bond donors (Lipinski definition) is 0. The highest BCUT2D eigenvalue weighted by Crippen LogP contribution is 2.40. The van der Waals surface area contributed by atoms with Gasteiger partial charge in [0.25, 0.3) is 5.79 Å². The van der Waals surface area contributed by atoms with Gasteiger partial charge in [-0.3, -0.25) is 4.79 Å². The summed E-state index contributed by atoms with van der Waals surface area (Å²) in [5.41, 5.74) is 1.33. The molecule has 2 aromatic rings. The molecule has 4 rings (SSSR count). The summed E-state index contributed by atoms with van der Waals surface area (Å²) in [5.74, 6) is -1.74. The van der Waals surface area contributed by atoms with E-state index in [-0.39, 0.29) is 12.2 Å². The maximum absolute atomic E-state index is 13.0. The number of nitrogens with zero attached hydrogens (tertiary/aromatic N) is 1. The maximum atomic E-state index is 13.0. The van der Waals surface area contributed by atoms with Crippen molar-refractivity contribution < 1.29 is 19.2 Å². The van der Waals surface area contributed by atoms with Gasteiger partial charge < -0.3 is 4.74 Å². The number of benzene rings is 2. The van der Waals surface area contributed by atoms with Crippen molar-refractivity contribution in [1.82, 2.24) is 0 Å². The Hall–Kier alpha value is -2.92. The van der Waals surface area contributed by atoms with Gasteiger partial charge in [0.2, 0.25) is 0 Å². The van der Waals surface area contributed by atoms with Crippen LogP contribution in [0.5, 0.6) is 0 Å². The molecule has 2 aliphatic heterocycles. The number of carbonyl (C=O) groups is 2. The molecule has 1 saturated heterocycles. The summed E-state index contributed by atoms with van der Waals surface area (Å²) in [6.07, 6.45) is 3.15. The largest absolute Gasteiger partial charge is 0.424 e. The van der Waals surface area contributed by atoms with E-state index in [0.717, 1.165) is 5.69 Å². The lowest BCUT2D eigenvalue weighted by molar-refractivity contribution is -0.184. The van der Waals surface area contributed by atoms with Gasteiger partial charge in [-0.2, -0.15) is 0 Å². The fraction of sp³-hybridized carbons (Fsp3) is 0.158. The second kappa shape index (κ2) is 5.62. The molecule has 2 heterocycles. The first kappa shape index (κ1) is 14.7. The molecule has 0 amide bonds. The lowest BCUT2D eigenvalue weighted by Gasteiger charge is -2.24. The third-order valence-electron chi connectivity index (χ3n) is 4.13. The molecule has 0 N–H and O–H groups in total. The predicted molar refractivity (Wildman–Crippen MR) is 87.1 cm³/mol. The normalized spacial score (nSPS) is 25.2. The van der Waals surface area contributed by atoms with Crippen LogP contribution in [0, 0.1) is 0 Å². The Morgan fingerprint density at radius 3 is 2.33 bits per heavy atom. The summed E-state index contributed by atoms with van der Waals surface area (Å²) >= 11 is 0. The fourth-order valence-electron chi connectivity index (χ4n) is 3.01. The molecule has 120 valence electrons. The summed E-state index contributed by atoms with van der Waals surface area (Å²) in [6, 6.07) is 17.8. The molecule has 1 fully saturated rings. The van der Waals surface area contributed by atoms with E-state index in [1.807, 2.05) is 48.5 Å². The third kappa shape index (κ3) is 2.49. The van der Waals surface area contributed by atoms with E-state index in [0.29, 0.717) is 5.56 Å². The molecule has 2 aromatic carbocycles. The highest BCUT2D eigenvalue weighted by Gasteiger charge is 2.52. The van der Waals surface area contributed by atoms with Crippen molar-refractivity contribution >= 4 is 17.4 Å². The highest BCUT2D eigenvalue weighted by molar-refractivity contribution is 6.02. The van der Waals surface area contributed by atoms with Gasteiger partial charge in [-0.15, -0.1) is 0 Å². The van der Waals surface area contributed by atoms with Crippen LogP contribution >= 0.6 is 0 Å². The van der Waals surface area contributed by atoms with Crippen molar-refractivity contribution in [1.29, 1.82) is 0 Å². The standard InChI is InChI=1S/C19H15NO4/c21-17-11-12-19(23-17)13-16(18(22)14-7-3-1-4-8-14)20(24-19)15-9-5-2-6-10-15/h1-12,16H,13H2/t16-,19-/m1/s1. The van der Waals surface area contributed by atoms with Gasteiger partial charge in [-0.1, -0.05) is 48.5 Å². The first-order valence-corrected chi connectivity index (χ1v) is 7.72. The van der Waals surface area contributed by atoms with Gasteiger partial charge in [0.1, 0.15) is 6.04 Å². The zero-order chi connectivity index (χ0) is 16.6. The number of hydrogen-bond acceptors (Lipinski definition) is 5.